The van der Waals surface area contributed by atoms with Gasteiger partial charge in [-0.25, -0.2) is 0 Å². The molecule has 1 aromatic heterocycles. The number of carbonyl (C=O) groups is 1. The number of nitrogens with two attached hydrogens (primary N) is 1. The van der Waals surface area contributed by atoms with Crippen LogP contribution in [-0.4, -0.2) is 44.1 Å². The van der Waals surface area contributed by atoms with Gasteiger partial charge in [-0.1, -0.05) is 24.2 Å². The number of nitrogen functional groups attached to an aromatic ring is 1. The molecule has 2 heterocycles. The predicted molar refractivity (Wildman–Crippen MR) is 91.0 cm³/mol. The van der Waals surface area contributed by atoms with Gasteiger partial charge in [-0.3, -0.25) is 9.69 Å². The van der Waals surface area contributed by atoms with Crippen LogP contribution >= 0.6 is 0 Å². The number of likely N-dealkylation sites (tertiary alicyclic amines) is 1. The predicted octanol–water partition coefficient (Wildman–Crippen LogP) is 1.13. The maximum atomic E-state index is 11.9. The highest BCUT2D eigenvalue weighted by Crippen LogP contribution is 2.19. The quantitative estimate of drug-likeness (QED) is 0.852. The van der Waals surface area contributed by atoms with Crippen LogP contribution in [0.5, 0.6) is 0 Å². The molecule has 0 spiro atoms. The number of anilines is 2. The second kappa shape index (κ2) is 7.39. The summed E-state index contributed by atoms with van der Waals surface area (Å²) < 4.78 is 0. The van der Waals surface area contributed by atoms with E-state index in [1.54, 1.807) is 0 Å². The summed E-state index contributed by atoms with van der Waals surface area (Å²) in [6.45, 7) is 5.58. The SMILES string of the molecule is CC1CCN(Cc2ccc(NC(=O)Cn3nnc(N)n3)cc2)CC1. The Labute approximate surface area is 141 Å². The zero-order valence-electron chi connectivity index (χ0n) is 13.9. The lowest BCUT2D eigenvalue weighted by atomic mass is 9.99. The Hall–Kier alpha value is -2.48. The third kappa shape index (κ3) is 4.51. The van der Waals surface area contributed by atoms with Gasteiger partial charge in [0.1, 0.15) is 6.54 Å². The van der Waals surface area contributed by atoms with Crippen molar-refractivity contribution in [3.05, 3.63) is 29.8 Å². The summed E-state index contributed by atoms with van der Waals surface area (Å²) in [6.07, 6.45) is 2.55. The molecular formula is C16H23N7O. The molecule has 2 aromatic rings. The highest BCUT2D eigenvalue weighted by molar-refractivity contribution is 5.90. The van der Waals surface area contributed by atoms with E-state index in [4.69, 9.17) is 5.73 Å². The Morgan fingerprint density at radius 1 is 1.29 bits per heavy atom. The molecule has 24 heavy (non-hydrogen) atoms. The molecule has 0 saturated carbocycles. The van der Waals surface area contributed by atoms with Crippen LogP contribution in [0.25, 0.3) is 0 Å². The zero-order valence-corrected chi connectivity index (χ0v) is 13.9. The Kier molecular flexibility index (Phi) is 5.05. The van der Waals surface area contributed by atoms with Crippen LogP contribution in [0.2, 0.25) is 0 Å². The number of amides is 1. The van der Waals surface area contributed by atoms with Gasteiger partial charge in [-0.15, -0.1) is 5.10 Å². The molecule has 1 amide bonds. The number of aromatic nitrogens is 4. The molecule has 1 fully saturated rings. The Bertz CT molecular complexity index is 674. The first-order valence-electron chi connectivity index (χ1n) is 8.23. The average molecular weight is 329 g/mol. The summed E-state index contributed by atoms with van der Waals surface area (Å²) in [6, 6.07) is 7.95. The molecule has 0 atom stereocenters. The van der Waals surface area contributed by atoms with E-state index < -0.39 is 0 Å². The van der Waals surface area contributed by atoms with Crippen LogP contribution in [0, 0.1) is 5.92 Å². The minimum absolute atomic E-state index is 0.0160. The minimum atomic E-state index is -0.217. The fourth-order valence-corrected chi connectivity index (χ4v) is 2.82. The molecule has 0 aliphatic carbocycles. The van der Waals surface area contributed by atoms with Crippen molar-refractivity contribution in [2.24, 2.45) is 5.92 Å². The van der Waals surface area contributed by atoms with Crippen LogP contribution in [0.4, 0.5) is 11.6 Å². The van der Waals surface area contributed by atoms with Crippen LogP contribution < -0.4 is 11.1 Å². The van der Waals surface area contributed by atoms with Crippen molar-refractivity contribution in [3.8, 4) is 0 Å². The molecule has 8 heteroatoms. The van der Waals surface area contributed by atoms with Gasteiger partial charge in [0.2, 0.25) is 5.91 Å². The summed E-state index contributed by atoms with van der Waals surface area (Å²) in [5, 5.41) is 13.8. The summed E-state index contributed by atoms with van der Waals surface area (Å²) in [7, 11) is 0. The second-order valence-corrected chi connectivity index (χ2v) is 6.38. The maximum absolute atomic E-state index is 11.9. The topological polar surface area (TPSA) is 102 Å². The van der Waals surface area contributed by atoms with Gasteiger partial charge in [0.05, 0.1) is 0 Å². The molecular weight excluding hydrogens is 306 g/mol. The molecule has 0 radical (unpaired) electrons. The molecule has 1 aliphatic rings. The van der Waals surface area contributed by atoms with E-state index >= 15 is 0 Å². The number of rotatable bonds is 5. The van der Waals surface area contributed by atoms with Gasteiger partial charge in [0.15, 0.2) is 0 Å². The third-order valence-electron chi connectivity index (χ3n) is 4.27. The van der Waals surface area contributed by atoms with E-state index in [1.807, 2.05) is 12.1 Å². The second-order valence-electron chi connectivity index (χ2n) is 6.38. The first-order chi connectivity index (χ1) is 11.6. The monoisotopic (exact) mass is 329 g/mol. The van der Waals surface area contributed by atoms with Crippen molar-refractivity contribution < 1.29 is 4.79 Å². The summed E-state index contributed by atoms with van der Waals surface area (Å²) in [4.78, 5) is 15.6. The number of hydrogen-bond acceptors (Lipinski definition) is 6. The standard InChI is InChI=1S/C16H23N7O/c1-12-6-8-22(9-7-12)10-13-2-4-14(5-3-13)18-15(24)11-23-20-16(17)19-21-23/h2-5,12H,6-11H2,1H3,(H2,17,20)(H,18,24). The van der Waals surface area contributed by atoms with Crippen molar-refractivity contribution in [1.29, 1.82) is 0 Å². The Morgan fingerprint density at radius 2 is 2.00 bits per heavy atom. The normalized spacial score (nSPS) is 16.2. The highest BCUT2D eigenvalue weighted by atomic mass is 16.2. The zero-order chi connectivity index (χ0) is 16.9. The van der Waals surface area contributed by atoms with Gasteiger partial charge in [0.25, 0.3) is 5.95 Å². The van der Waals surface area contributed by atoms with E-state index in [0.29, 0.717) is 0 Å². The van der Waals surface area contributed by atoms with Crippen molar-refractivity contribution in [2.75, 3.05) is 24.1 Å². The lowest BCUT2D eigenvalue weighted by molar-refractivity contribution is -0.117. The average Bonchev–Trinajstić information content (AvgIpc) is 2.96. The molecule has 128 valence electrons. The van der Waals surface area contributed by atoms with Crippen molar-refractivity contribution >= 4 is 17.5 Å². The molecule has 3 N–H and O–H groups in total. The molecule has 1 saturated heterocycles. The van der Waals surface area contributed by atoms with Crippen molar-refractivity contribution in [1.82, 2.24) is 25.1 Å². The largest absolute Gasteiger partial charge is 0.365 e. The molecule has 0 bridgehead atoms. The van der Waals surface area contributed by atoms with E-state index in [2.05, 4.69) is 44.7 Å². The Morgan fingerprint density at radius 3 is 2.62 bits per heavy atom. The van der Waals surface area contributed by atoms with Gasteiger partial charge in [0, 0.05) is 12.2 Å². The van der Waals surface area contributed by atoms with Gasteiger partial charge >= 0.3 is 0 Å². The number of tetrazole rings is 1. The molecule has 1 aromatic carbocycles. The number of hydrogen-bond donors (Lipinski definition) is 2. The smallest absolute Gasteiger partial charge is 0.260 e. The number of nitrogens with one attached hydrogen (secondary N) is 1. The maximum Gasteiger partial charge on any atom is 0.260 e. The van der Waals surface area contributed by atoms with Crippen molar-refractivity contribution in [2.45, 2.75) is 32.9 Å². The molecule has 0 unspecified atom stereocenters. The number of piperidine rings is 1. The number of nitrogens with zero attached hydrogens (tertiary/aromatic N) is 5. The van der Waals surface area contributed by atoms with Gasteiger partial charge in [-0.2, -0.15) is 4.80 Å². The van der Waals surface area contributed by atoms with Crippen LogP contribution in [0.15, 0.2) is 24.3 Å². The lowest BCUT2D eigenvalue weighted by Crippen LogP contribution is -2.32. The lowest BCUT2D eigenvalue weighted by Gasteiger charge is -2.30. The number of benzene rings is 1. The van der Waals surface area contributed by atoms with E-state index in [9.17, 15) is 4.79 Å². The van der Waals surface area contributed by atoms with Crippen LogP contribution in [-0.2, 0) is 17.9 Å². The molecule has 1 aliphatic heterocycles. The van der Waals surface area contributed by atoms with E-state index in [0.717, 1.165) is 36.0 Å². The van der Waals surface area contributed by atoms with Crippen LogP contribution in [0.1, 0.15) is 25.3 Å². The molecule has 3 rings (SSSR count). The fourth-order valence-electron chi connectivity index (χ4n) is 2.82. The van der Waals surface area contributed by atoms with E-state index in [1.165, 1.54) is 18.4 Å². The summed E-state index contributed by atoms with van der Waals surface area (Å²) in [5.74, 6) is 0.679. The van der Waals surface area contributed by atoms with Gasteiger partial charge < -0.3 is 11.1 Å². The van der Waals surface area contributed by atoms with Crippen LogP contribution in [0.3, 0.4) is 0 Å². The van der Waals surface area contributed by atoms with Crippen molar-refractivity contribution in [3.63, 3.8) is 0 Å². The summed E-state index contributed by atoms with van der Waals surface area (Å²) in [5.41, 5.74) is 7.38. The van der Waals surface area contributed by atoms with Gasteiger partial charge in [-0.05, 0) is 54.8 Å². The molecule has 8 nitrogen and oxygen atoms in total. The third-order valence-corrected chi connectivity index (χ3v) is 4.27. The summed E-state index contributed by atoms with van der Waals surface area (Å²) >= 11 is 0. The first-order valence-corrected chi connectivity index (χ1v) is 8.23. The number of carbonyl (C=O) groups excluding carboxylic acids is 1. The Balaban J connectivity index is 1.49. The first kappa shape index (κ1) is 16.4. The fraction of sp³-hybridized carbons (Fsp3) is 0.500. The minimum Gasteiger partial charge on any atom is -0.365 e. The highest BCUT2D eigenvalue weighted by Gasteiger charge is 2.15. The van der Waals surface area contributed by atoms with E-state index in [-0.39, 0.29) is 18.4 Å².